The van der Waals surface area contributed by atoms with Crippen molar-refractivity contribution in [3.8, 4) is 0 Å². The second kappa shape index (κ2) is 7.27. The second-order valence-corrected chi connectivity index (χ2v) is 5.23. The van der Waals surface area contributed by atoms with Crippen molar-refractivity contribution < 1.29 is 0 Å². The molecule has 0 aliphatic rings. The SMILES string of the molecule is Nc1ccccc1C(=NCc1ccccc1)Nc1ccccc1. The average molecular weight is 301 g/mol. The van der Waals surface area contributed by atoms with E-state index in [1.54, 1.807) is 0 Å². The summed E-state index contributed by atoms with van der Waals surface area (Å²) in [6, 6.07) is 27.9. The molecule has 0 aromatic heterocycles. The molecule has 0 heterocycles. The van der Waals surface area contributed by atoms with E-state index in [0.717, 1.165) is 22.6 Å². The number of nitrogens with zero attached hydrogens (tertiary/aromatic N) is 1. The second-order valence-electron chi connectivity index (χ2n) is 5.23. The maximum absolute atomic E-state index is 6.12. The van der Waals surface area contributed by atoms with Crippen molar-refractivity contribution in [2.75, 3.05) is 11.1 Å². The van der Waals surface area contributed by atoms with E-state index in [1.165, 1.54) is 0 Å². The third-order valence-electron chi connectivity index (χ3n) is 3.52. The minimum atomic E-state index is 0.602. The highest BCUT2D eigenvalue weighted by atomic mass is 15.0. The van der Waals surface area contributed by atoms with Crippen LogP contribution < -0.4 is 11.1 Å². The number of nitrogens with one attached hydrogen (secondary N) is 1. The Kier molecular flexibility index (Phi) is 4.69. The van der Waals surface area contributed by atoms with Crippen LogP contribution in [0, 0.1) is 0 Å². The lowest BCUT2D eigenvalue weighted by atomic mass is 10.1. The van der Waals surface area contributed by atoms with Crippen molar-refractivity contribution >= 4 is 17.2 Å². The minimum Gasteiger partial charge on any atom is -0.398 e. The summed E-state index contributed by atoms with van der Waals surface area (Å²) in [7, 11) is 0. The van der Waals surface area contributed by atoms with Crippen LogP contribution in [0.1, 0.15) is 11.1 Å². The Morgan fingerprint density at radius 1 is 0.783 bits per heavy atom. The fourth-order valence-corrected chi connectivity index (χ4v) is 2.32. The molecule has 3 nitrogen and oxygen atoms in total. The zero-order valence-electron chi connectivity index (χ0n) is 12.8. The molecule has 3 heteroatoms. The predicted octanol–water partition coefficient (Wildman–Crippen LogP) is 4.33. The first-order valence-corrected chi connectivity index (χ1v) is 7.58. The number of para-hydroxylation sites is 2. The van der Waals surface area contributed by atoms with E-state index < -0.39 is 0 Å². The van der Waals surface area contributed by atoms with Gasteiger partial charge in [-0.25, -0.2) is 0 Å². The lowest BCUT2D eigenvalue weighted by Gasteiger charge is -2.12. The average Bonchev–Trinajstić information content (AvgIpc) is 2.61. The Bertz CT molecular complexity index is 780. The summed E-state index contributed by atoms with van der Waals surface area (Å²) in [4.78, 5) is 4.75. The molecule has 0 atom stereocenters. The molecule has 0 aliphatic heterocycles. The van der Waals surface area contributed by atoms with Crippen LogP contribution in [0.3, 0.4) is 0 Å². The summed E-state index contributed by atoms with van der Waals surface area (Å²) in [5.41, 5.74) is 9.89. The zero-order chi connectivity index (χ0) is 15.9. The van der Waals surface area contributed by atoms with E-state index >= 15 is 0 Å². The summed E-state index contributed by atoms with van der Waals surface area (Å²) in [5.74, 6) is 0.776. The van der Waals surface area contributed by atoms with Crippen molar-refractivity contribution in [2.45, 2.75) is 6.54 Å². The Labute approximate surface area is 136 Å². The Morgan fingerprint density at radius 2 is 1.39 bits per heavy atom. The lowest BCUT2D eigenvalue weighted by Crippen LogP contribution is -2.16. The number of hydrogen-bond donors (Lipinski definition) is 2. The van der Waals surface area contributed by atoms with Crippen LogP contribution in [0.5, 0.6) is 0 Å². The van der Waals surface area contributed by atoms with Crippen molar-refractivity contribution in [2.24, 2.45) is 4.99 Å². The Morgan fingerprint density at radius 3 is 2.09 bits per heavy atom. The van der Waals surface area contributed by atoms with Gasteiger partial charge in [-0.15, -0.1) is 0 Å². The van der Waals surface area contributed by atoms with E-state index in [2.05, 4.69) is 17.4 Å². The van der Waals surface area contributed by atoms with Crippen LogP contribution in [0.4, 0.5) is 11.4 Å². The van der Waals surface area contributed by atoms with Gasteiger partial charge in [-0.3, -0.25) is 4.99 Å². The number of rotatable bonds is 4. The predicted molar refractivity (Wildman–Crippen MR) is 97.6 cm³/mol. The summed E-state index contributed by atoms with van der Waals surface area (Å²) < 4.78 is 0. The number of benzene rings is 3. The quantitative estimate of drug-likeness (QED) is 0.428. The maximum atomic E-state index is 6.12. The third kappa shape index (κ3) is 3.98. The molecule has 0 saturated heterocycles. The molecule has 114 valence electrons. The smallest absolute Gasteiger partial charge is 0.135 e. The number of hydrogen-bond acceptors (Lipinski definition) is 2. The van der Waals surface area contributed by atoms with E-state index in [4.69, 9.17) is 10.7 Å². The number of nitrogen functional groups attached to an aromatic ring is 1. The van der Waals surface area contributed by atoms with Gasteiger partial charge in [0.15, 0.2) is 0 Å². The van der Waals surface area contributed by atoms with E-state index in [-0.39, 0.29) is 0 Å². The third-order valence-corrected chi connectivity index (χ3v) is 3.52. The maximum Gasteiger partial charge on any atom is 0.135 e. The van der Waals surface area contributed by atoms with Gasteiger partial charge in [0.2, 0.25) is 0 Å². The van der Waals surface area contributed by atoms with Crippen molar-refractivity contribution in [1.82, 2.24) is 0 Å². The van der Waals surface area contributed by atoms with Crippen LogP contribution in [0.25, 0.3) is 0 Å². The first-order valence-electron chi connectivity index (χ1n) is 7.58. The fourth-order valence-electron chi connectivity index (χ4n) is 2.32. The molecule has 3 aromatic carbocycles. The largest absolute Gasteiger partial charge is 0.398 e. The first-order chi connectivity index (χ1) is 11.3. The van der Waals surface area contributed by atoms with Crippen LogP contribution in [0.15, 0.2) is 89.9 Å². The van der Waals surface area contributed by atoms with Gasteiger partial charge in [-0.05, 0) is 29.8 Å². The molecule has 0 bridgehead atoms. The van der Waals surface area contributed by atoms with E-state index in [1.807, 2.05) is 72.8 Å². The summed E-state index contributed by atoms with van der Waals surface area (Å²) in [5, 5.41) is 3.38. The number of aliphatic imine (C=N–C) groups is 1. The van der Waals surface area contributed by atoms with Gasteiger partial charge in [0.1, 0.15) is 5.84 Å². The van der Waals surface area contributed by atoms with Crippen molar-refractivity contribution in [1.29, 1.82) is 0 Å². The van der Waals surface area contributed by atoms with Gasteiger partial charge in [0.25, 0.3) is 0 Å². The molecule has 3 N–H and O–H groups in total. The zero-order valence-corrected chi connectivity index (χ0v) is 12.8. The standard InChI is InChI=1S/C20H19N3/c21-19-14-8-7-13-18(19)20(23-17-11-5-2-6-12-17)22-15-16-9-3-1-4-10-16/h1-14H,15,21H2,(H,22,23). The molecule has 3 rings (SSSR count). The lowest BCUT2D eigenvalue weighted by molar-refractivity contribution is 1.07. The summed E-state index contributed by atoms with van der Waals surface area (Å²) in [6.07, 6.45) is 0. The molecule has 0 unspecified atom stereocenters. The fraction of sp³-hybridized carbons (Fsp3) is 0.0500. The number of nitrogens with two attached hydrogens (primary N) is 1. The van der Waals surface area contributed by atoms with E-state index in [9.17, 15) is 0 Å². The summed E-state index contributed by atoms with van der Waals surface area (Å²) in [6.45, 7) is 0.602. The topological polar surface area (TPSA) is 50.4 Å². The molecule has 0 amide bonds. The van der Waals surface area contributed by atoms with Gasteiger partial charge < -0.3 is 11.1 Å². The minimum absolute atomic E-state index is 0.602. The molecule has 23 heavy (non-hydrogen) atoms. The highest BCUT2D eigenvalue weighted by molar-refractivity contribution is 6.11. The van der Waals surface area contributed by atoms with Gasteiger partial charge in [0, 0.05) is 16.9 Å². The molecule has 0 spiro atoms. The van der Waals surface area contributed by atoms with Crippen LogP contribution in [-0.4, -0.2) is 5.84 Å². The molecule has 0 radical (unpaired) electrons. The molecular formula is C20H19N3. The molecule has 0 aliphatic carbocycles. The number of amidine groups is 1. The van der Waals surface area contributed by atoms with Crippen LogP contribution in [-0.2, 0) is 6.54 Å². The normalized spacial score (nSPS) is 11.2. The van der Waals surface area contributed by atoms with Crippen LogP contribution in [0.2, 0.25) is 0 Å². The van der Waals surface area contributed by atoms with Crippen LogP contribution >= 0.6 is 0 Å². The van der Waals surface area contributed by atoms with Gasteiger partial charge in [-0.1, -0.05) is 60.7 Å². The summed E-state index contributed by atoms with van der Waals surface area (Å²) >= 11 is 0. The van der Waals surface area contributed by atoms with Gasteiger partial charge in [0.05, 0.1) is 6.54 Å². The molecular weight excluding hydrogens is 282 g/mol. The molecule has 0 saturated carbocycles. The Balaban J connectivity index is 1.91. The monoisotopic (exact) mass is 301 g/mol. The first kappa shape index (κ1) is 14.9. The Hall–Kier alpha value is -3.07. The van der Waals surface area contributed by atoms with E-state index in [0.29, 0.717) is 12.2 Å². The highest BCUT2D eigenvalue weighted by Gasteiger charge is 2.07. The highest BCUT2D eigenvalue weighted by Crippen LogP contribution is 2.16. The van der Waals surface area contributed by atoms with Gasteiger partial charge in [-0.2, -0.15) is 0 Å². The van der Waals surface area contributed by atoms with Gasteiger partial charge >= 0.3 is 0 Å². The molecule has 0 fully saturated rings. The van der Waals surface area contributed by atoms with Crippen molar-refractivity contribution in [3.63, 3.8) is 0 Å². The molecule has 3 aromatic rings. The number of anilines is 2. The van der Waals surface area contributed by atoms with Crippen molar-refractivity contribution in [3.05, 3.63) is 96.1 Å².